The summed E-state index contributed by atoms with van der Waals surface area (Å²) in [5, 5.41) is 9.35. The van der Waals surface area contributed by atoms with Gasteiger partial charge in [-0.05, 0) is 48.8 Å². The van der Waals surface area contributed by atoms with Gasteiger partial charge in [-0.15, -0.1) is 0 Å². The van der Waals surface area contributed by atoms with Crippen LogP contribution in [0.1, 0.15) is 44.6 Å². The molecule has 1 aromatic carbocycles. The molecular weight excluding hydrogens is 316 g/mol. The number of carbonyl (C=O) groups is 2. The molecule has 2 unspecified atom stereocenters. The van der Waals surface area contributed by atoms with Gasteiger partial charge in [0.15, 0.2) is 0 Å². The van der Waals surface area contributed by atoms with E-state index < -0.39 is 5.92 Å². The number of piperidine rings is 1. The van der Waals surface area contributed by atoms with Gasteiger partial charge in [0.25, 0.3) is 0 Å². The van der Waals surface area contributed by atoms with Gasteiger partial charge in [-0.1, -0.05) is 26.0 Å². The Labute approximate surface area is 149 Å². The number of rotatable bonds is 4. The number of aliphatic hydroxyl groups excluding tert-OH is 1. The van der Waals surface area contributed by atoms with E-state index in [1.54, 1.807) is 9.80 Å². The van der Waals surface area contributed by atoms with Crippen LogP contribution in [0.3, 0.4) is 0 Å². The molecule has 2 aliphatic heterocycles. The van der Waals surface area contributed by atoms with Gasteiger partial charge in [-0.3, -0.25) is 9.59 Å². The first kappa shape index (κ1) is 17.9. The Kier molecular flexibility index (Phi) is 5.42. The van der Waals surface area contributed by atoms with Crippen molar-refractivity contribution in [3.63, 3.8) is 0 Å². The quantitative estimate of drug-likeness (QED) is 0.853. The molecule has 2 aliphatic rings. The van der Waals surface area contributed by atoms with Gasteiger partial charge >= 0.3 is 0 Å². The average molecular weight is 344 g/mol. The Morgan fingerprint density at radius 3 is 2.56 bits per heavy atom. The highest BCUT2D eigenvalue weighted by atomic mass is 16.3. The van der Waals surface area contributed by atoms with Crippen molar-refractivity contribution in [1.29, 1.82) is 0 Å². The third kappa shape index (κ3) is 3.71. The number of aliphatic hydroxyl groups is 1. The van der Waals surface area contributed by atoms with Crippen LogP contribution in [0.15, 0.2) is 24.3 Å². The largest absolute Gasteiger partial charge is 0.396 e. The summed E-state index contributed by atoms with van der Waals surface area (Å²) in [5.41, 5.74) is 2.11. The molecular formula is C20H28N2O3. The van der Waals surface area contributed by atoms with Crippen molar-refractivity contribution in [2.75, 3.05) is 31.1 Å². The van der Waals surface area contributed by atoms with Crippen molar-refractivity contribution in [1.82, 2.24) is 4.90 Å². The summed E-state index contributed by atoms with van der Waals surface area (Å²) in [5.74, 6) is -0.120. The zero-order valence-corrected chi connectivity index (χ0v) is 15.1. The Bertz CT molecular complexity index is 626. The van der Waals surface area contributed by atoms with E-state index in [4.69, 9.17) is 0 Å². The number of amides is 2. The molecule has 3 rings (SSSR count). The summed E-state index contributed by atoms with van der Waals surface area (Å²) in [6.45, 7) is 6.25. The van der Waals surface area contributed by atoms with Crippen molar-refractivity contribution in [3.05, 3.63) is 29.8 Å². The van der Waals surface area contributed by atoms with Crippen LogP contribution in [0.2, 0.25) is 0 Å². The highest BCUT2D eigenvalue weighted by Gasteiger charge is 2.40. The van der Waals surface area contributed by atoms with Crippen LogP contribution >= 0.6 is 0 Å². The predicted octanol–water partition coefficient (Wildman–Crippen LogP) is 2.39. The lowest BCUT2D eigenvalue weighted by Crippen LogP contribution is -2.45. The van der Waals surface area contributed by atoms with Crippen LogP contribution in [0.25, 0.3) is 0 Å². The number of nitrogens with zero attached hydrogens (tertiary/aromatic N) is 2. The molecule has 136 valence electrons. The lowest BCUT2D eigenvalue weighted by Gasteiger charge is -2.33. The molecule has 2 atom stereocenters. The Hall–Kier alpha value is -1.88. The van der Waals surface area contributed by atoms with E-state index in [0.717, 1.165) is 18.5 Å². The number of hydrogen-bond acceptors (Lipinski definition) is 3. The lowest BCUT2D eigenvalue weighted by molar-refractivity contribution is -0.141. The second kappa shape index (κ2) is 7.56. The molecule has 1 N–H and O–H groups in total. The molecule has 25 heavy (non-hydrogen) atoms. The third-order valence-electron chi connectivity index (χ3n) is 5.46. The van der Waals surface area contributed by atoms with Gasteiger partial charge in [0.1, 0.15) is 5.92 Å². The Morgan fingerprint density at radius 2 is 1.92 bits per heavy atom. The first-order chi connectivity index (χ1) is 12.0. The van der Waals surface area contributed by atoms with E-state index in [1.165, 1.54) is 5.56 Å². The average Bonchev–Trinajstić information content (AvgIpc) is 3.02. The number of likely N-dealkylation sites (tertiary alicyclic amines) is 1. The first-order valence-corrected chi connectivity index (χ1v) is 9.32. The normalized spacial score (nSPS) is 24.2. The summed E-state index contributed by atoms with van der Waals surface area (Å²) in [6, 6.07) is 8.06. The molecule has 2 amide bonds. The molecule has 5 heteroatoms. The first-order valence-electron chi connectivity index (χ1n) is 9.32. The number of anilines is 1. The third-order valence-corrected chi connectivity index (χ3v) is 5.46. The summed E-state index contributed by atoms with van der Waals surface area (Å²) >= 11 is 0. The van der Waals surface area contributed by atoms with Gasteiger partial charge in [-0.2, -0.15) is 0 Å². The summed E-state index contributed by atoms with van der Waals surface area (Å²) < 4.78 is 0. The maximum Gasteiger partial charge on any atom is 0.239 e. The van der Waals surface area contributed by atoms with Crippen LogP contribution in [0, 0.1) is 11.8 Å². The molecule has 2 saturated heterocycles. The van der Waals surface area contributed by atoms with Crippen LogP contribution < -0.4 is 4.90 Å². The summed E-state index contributed by atoms with van der Waals surface area (Å²) in [7, 11) is 0. The van der Waals surface area contributed by atoms with Crippen molar-refractivity contribution in [3.8, 4) is 0 Å². The minimum Gasteiger partial charge on any atom is -0.396 e. The maximum absolute atomic E-state index is 12.8. The summed E-state index contributed by atoms with van der Waals surface area (Å²) in [6.07, 6.45) is 2.43. The second-order valence-corrected chi connectivity index (χ2v) is 7.55. The van der Waals surface area contributed by atoms with Gasteiger partial charge in [0.05, 0.1) is 0 Å². The van der Waals surface area contributed by atoms with Gasteiger partial charge < -0.3 is 14.9 Å². The van der Waals surface area contributed by atoms with Crippen LogP contribution in [-0.2, 0) is 9.59 Å². The zero-order chi connectivity index (χ0) is 18.0. The zero-order valence-electron chi connectivity index (χ0n) is 15.1. The summed E-state index contributed by atoms with van der Waals surface area (Å²) in [4.78, 5) is 29.1. The van der Waals surface area contributed by atoms with Gasteiger partial charge in [0, 0.05) is 31.9 Å². The number of carbonyl (C=O) groups excluding carboxylic acids is 2. The predicted molar refractivity (Wildman–Crippen MR) is 97.4 cm³/mol. The number of benzene rings is 1. The van der Waals surface area contributed by atoms with Crippen LogP contribution in [0.4, 0.5) is 5.69 Å². The molecule has 1 aromatic rings. The number of hydrogen-bond donors (Lipinski definition) is 1. The van der Waals surface area contributed by atoms with E-state index in [0.29, 0.717) is 32.0 Å². The van der Waals surface area contributed by atoms with E-state index in [2.05, 4.69) is 26.0 Å². The smallest absolute Gasteiger partial charge is 0.239 e. The van der Waals surface area contributed by atoms with Crippen molar-refractivity contribution >= 4 is 17.5 Å². The molecule has 2 fully saturated rings. The van der Waals surface area contributed by atoms with E-state index in [-0.39, 0.29) is 24.3 Å². The molecule has 2 heterocycles. The van der Waals surface area contributed by atoms with Gasteiger partial charge in [-0.25, -0.2) is 0 Å². The highest BCUT2D eigenvalue weighted by molar-refractivity contribution is 6.09. The Morgan fingerprint density at radius 1 is 1.20 bits per heavy atom. The SMILES string of the molecule is CC(C)c1ccc(N2CCC(C(=O)N3CCCC(CO)C3)C2=O)cc1. The minimum atomic E-state index is -0.567. The molecule has 0 bridgehead atoms. The minimum absolute atomic E-state index is 0.0653. The maximum atomic E-state index is 12.8. The van der Waals surface area contributed by atoms with Gasteiger partial charge in [0.2, 0.25) is 11.8 Å². The lowest BCUT2D eigenvalue weighted by atomic mass is 9.97. The van der Waals surface area contributed by atoms with Crippen molar-refractivity contribution in [2.24, 2.45) is 11.8 Å². The topological polar surface area (TPSA) is 60.9 Å². The van der Waals surface area contributed by atoms with Crippen LogP contribution in [-0.4, -0.2) is 48.1 Å². The molecule has 0 radical (unpaired) electrons. The molecule has 0 spiro atoms. The van der Waals surface area contributed by atoms with Crippen molar-refractivity contribution in [2.45, 2.75) is 39.0 Å². The molecule has 0 saturated carbocycles. The van der Waals surface area contributed by atoms with E-state index in [9.17, 15) is 14.7 Å². The van der Waals surface area contributed by atoms with Crippen molar-refractivity contribution < 1.29 is 14.7 Å². The standard InChI is InChI=1S/C20H28N2O3/c1-14(2)16-5-7-17(8-6-16)22-11-9-18(20(22)25)19(24)21-10-3-4-15(12-21)13-23/h5-8,14-15,18,23H,3-4,9-13H2,1-2H3. The molecule has 0 aromatic heterocycles. The second-order valence-electron chi connectivity index (χ2n) is 7.55. The fourth-order valence-corrected chi connectivity index (χ4v) is 3.84. The Balaban J connectivity index is 1.67. The fraction of sp³-hybridized carbons (Fsp3) is 0.600. The van der Waals surface area contributed by atoms with E-state index >= 15 is 0 Å². The molecule has 0 aliphatic carbocycles. The fourth-order valence-electron chi connectivity index (χ4n) is 3.84. The highest BCUT2D eigenvalue weighted by Crippen LogP contribution is 2.29. The van der Waals surface area contributed by atoms with E-state index in [1.807, 2.05) is 12.1 Å². The van der Waals surface area contributed by atoms with Crippen LogP contribution in [0.5, 0.6) is 0 Å². The monoisotopic (exact) mass is 344 g/mol. The molecule has 5 nitrogen and oxygen atoms in total.